The number of aliphatic hydroxyl groups is 1. The molecule has 0 aliphatic heterocycles. The summed E-state index contributed by atoms with van der Waals surface area (Å²) in [6.45, 7) is 31.5. The molecule has 0 fully saturated rings. The van der Waals surface area contributed by atoms with Crippen molar-refractivity contribution in [3.8, 4) is 0 Å². The number of hydrogen-bond acceptors (Lipinski definition) is 19. The van der Waals surface area contributed by atoms with E-state index in [9.17, 15) is 19.5 Å². The molecule has 0 spiro atoms. The average molecular weight is 1980 g/mol. The predicted octanol–water partition coefficient (Wildman–Crippen LogP) is 26.2. The van der Waals surface area contributed by atoms with Gasteiger partial charge in [-0.3, -0.25) is 9.59 Å². The van der Waals surface area contributed by atoms with Crippen LogP contribution in [0.1, 0.15) is 156 Å². The first-order chi connectivity index (χ1) is 57.0. The number of ketones is 1. The SMILES string of the molecule is CC(C)[Si](C(C)C)(C(C)C)n1cc(C(O)c2cnc(N(C)Cc3ccc(Cl)cc3)s2)c2cccnc21.CC(C)[Si](C(C)C)(C(C)C)n1cc(I)c2cccnc21.CN(Cc1ccc(Cl)cc1)c1nc(Cl)c(C=O)s1.CN(Cc1ccc(Cl)cc1)c1ncc(C(=O)c2c[nH]c3ncccc23)s1.CNCc1ccc(Cl)cc1.O=C(O)c1sc(Cl)nc1Cl. The Labute approximate surface area is 768 Å². The molecule has 14 aromatic rings. The van der Waals surface area contributed by atoms with Gasteiger partial charge in [0.15, 0.2) is 57.8 Å². The van der Waals surface area contributed by atoms with Gasteiger partial charge in [-0.1, -0.05) is 258 Å². The Bertz CT molecular complexity index is 5640. The fourth-order valence-corrected chi connectivity index (χ4v) is 34.2. The molecular formula is C87H98Cl7IN14O5S4Si2. The molecule has 0 amide bonds. The molecule has 0 aliphatic carbocycles. The van der Waals surface area contributed by atoms with E-state index < -0.39 is 28.5 Å². The number of carbonyl (C=O) groups is 3. The summed E-state index contributed by atoms with van der Waals surface area (Å²) < 4.78 is 6.53. The molecule has 14 rings (SSSR count). The van der Waals surface area contributed by atoms with Crippen molar-refractivity contribution in [1.29, 1.82) is 0 Å². The van der Waals surface area contributed by atoms with Crippen molar-refractivity contribution >= 4 is 232 Å². The Hall–Kier alpha value is -7.21. The van der Waals surface area contributed by atoms with Gasteiger partial charge in [-0.15, -0.1) is 0 Å². The summed E-state index contributed by atoms with van der Waals surface area (Å²) >= 11 is 47.5. The third-order valence-corrected chi connectivity index (χ3v) is 41.3. The second-order valence-electron chi connectivity index (χ2n) is 30.4. The van der Waals surface area contributed by atoms with Gasteiger partial charge in [0.2, 0.25) is 5.78 Å². The summed E-state index contributed by atoms with van der Waals surface area (Å²) in [5.74, 6) is -1.15. The molecule has 10 aromatic heterocycles. The first kappa shape index (κ1) is 96.6. The van der Waals surface area contributed by atoms with Crippen molar-refractivity contribution in [2.75, 3.05) is 42.9 Å². The van der Waals surface area contributed by atoms with Crippen molar-refractivity contribution < 1.29 is 24.6 Å². The van der Waals surface area contributed by atoms with Gasteiger partial charge in [0, 0.05) is 136 Å². The largest absolute Gasteiger partial charge is 0.477 e. The molecule has 4 aromatic carbocycles. The van der Waals surface area contributed by atoms with Crippen LogP contribution in [0.3, 0.4) is 0 Å². The Kier molecular flexibility index (Phi) is 35.8. The van der Waals surface area contributed by atoms with E-state index in [2.05, 4.69) is 179 Å². The predicted molar refractivity (Wildman–Crippen MR) is 519 cm³/mol. The van der Waals surface area contributed by atoms with E-state index in [1.807, 2.05) is 172 Å². The number of thiazole rings is 4. The molecule has 19 nitrogen and oxygen atoms in total. The molecule has 0 aliphatic rings. The Balaban J connectivity index is 0.000000173. The first-order valence-electron chi connectivity index (χ1n) is 38.6. The Morgan fingerprint density at radius 1 is 0.525 bits per heavy atom. The summed E-state index contributed by atoms with van der Waals surface area (Å²) in [4.78, 5) is 75.2. The van der Waals surface area contributed by atoms with Crippen LogP contribution in [-0.2, 0) is 26.2 Å². The van der Waals surface area contributed by atoms with Crippen molar-refractivity contribution in [3.05, 3.63) is 274 Å². The number of rotatable bonds is 25. The number of benzene rings is 4. The van der Waals surface area contributed by atoms with Crippen LogP contribution in [0.5, 0.6) is 0 Å². The van der Waals surface area contributed by atoms with Crippen molar-refractivity contribution in [3.63, 3.8) is 0 Å². The van der Waals surface area contributed by atoms with Crippen LogP contribution >= 0.6 is 149 Å². The topological polar surface area (TPSA) is 229 Å². The van der Waals surface area contributed by atoms with Gasteiger partial charge >= 0.3 is 5.97 Å². The van der Waals surface area contributed by atoms with Gasteiger partial charge in [-0.2, -0.15) is 0 Å². The number of aldehydes is 1. The number of aromatic nitrogens is 10. The quantitative estimate of drug-likeness (QED) is 0.0180. The maximum atomic E-state index is 12.8. The van der Waals surface area contributed by atoms with Gasteiger partial charge in [0.05, 0.1) is 21.5 Å². The van der Waals surface area contributed by atoms with Crippen molar-refractivity contribution in [2.45, 2.75) is 149 Å². The van der Waals surface area contributed by atoms with E-state index in [-0.39, 0.29) is 25.4 Å². The highest BCUT2D eigenvalue weighted by atomic mass is 127. The summed E-state index contributed by atoms with van der Waals surface area (Å²) in [6, 6.07) is 43.0. The molecule has 33 heteroatoms. The van der Waals surface area contributed by atoms with E-state index in [0.29, 0.717) is 83.9 Å². The lowest BCUT2D eigenvalue weighted by atomic mass is 10.1. The standard InChI is InChI=1S/C28H37ClN4OSSi.C19H15ClN4OS.C16H25IN2Si.C12H10Cl2N2OS.C8H10ClN.C4HCl2NO2S/c1-18(2)36(19(3)4,20(5)6)33-17-24(23-9-8-14-30-27(23)33)26(34)25-15-31-28(35-25)32(7)16-21-10-12-22(29)13-11-21;1-24(11-12-4-6-13(20)7-5-12)19-23-10-16(26-19)17(25)15-9-22-18-14(15)3-2-8-21-18;1-11(2)20(12(3)4,13(5)6)19-10-15(17)14-8-7-9-18-16(14)19;1-16(6-8-2-4-9(13)5-3-8)12-15-11(14)10(7-17)18-12;1-10-6-7-2-4-8(9)5-3-7;5-2-1(3(8)9)10-4(6)7-2/h8-15,17-20,26,34H,16H2,1-7H3;2-10H,11H2,1H3,(H,21,22);7-13H,1-6H3;2-5,7H,6H2,1H3;2-5,10H,6H2,1H3;(H,8,9). The monoisotopic (exact) mass is 1970 g/mol. The molecule has 10 heterocycles. The zero-order chi connectivity index (χ0) is 87.6. The molecule has 0 saturated carbocycles. The highest BCUT2D eigenvalue weighted by molar-refractivity contribution is 14.1. The normalized spacial score (nSPS) is 11.8. The first-order valence-corrected chi connectivity index (χ1v) is 50.0. The Morgan fingerprint density at radius 2 is 0.950 bits per heavy atom. The van der Waals surface area contributed by atoms with Crippen LogP contribution < -0.4 is 20.0 Å². The fourth-order valence-electron chi connectivity index (χ4n) is 15.7. The van der Waals surface area contributed by atoms with Gasteiger partial charge in [0.1, 0.15) is 27.9 Å². The minimum Gasteiger partial charge on any atom is -0.477 e. The number of hydrogen-bond donors (Lipinski definition) is 4. The van der Waals surface area contributed by atoms with E-state index in [1.54, 1.807) is 24.8 Å². The number of aromatic amines is 1. The molecule has 0 radical (unpaired) electrons. The number of aliphatic hydroxyl groups excluding tert-OH is 1. The maximum Gasteiger partial charge on any atom is 0.349 e. The molecule has 1 atom stereocenters. The van der Waals surface area contributed by atoms with Crippen LogP contribution in [0.2, 0.25) is 68.1 Å². The molecule has 4 N–H and O–H groups in total. The number of fused-ring (bicyclic) bond motifs is 3. The second kappa shape index (κ2) is 44.4. The maximum absolute atomic E-state index is 12.8. The molecular weight excluding hydrogens is 1880 g/mol. The van der Waals surface area contributed by atoms with E-state index in [1.165, 1.54) is 54.2 Å². The molecule has 0 bridgehead atoms. The lowest BCUT2D eigenvalue weighted by Gasteiger charge is -2.44. The summed E-state index contributed by atoms with van der Waals surface area (Å²) in [6.07, 6.45) is 15.2. The smallest absolute Gasteiger partial charge is 0.349 e. The van der Waals surface area contributed by atoms with Crippen molar-refractivity contribution in [1.82, 2.24) is 53.7 Å². The van der Waals surface area contributed by atoms with Crippen LogP contribution in [0.15, 0.2) is 183 Å². The number of halogens is 8. The number of anilines is 3. The average Bonchev–Trinajstić information content (AvgIpc) is 1.56. The highest BCUT2D eigenvalue weighted by Crippen LogP contribution is 2.48. The minimum absolute atomic E-state index is 0.0216. The second-order valence-corrected chi connectivity index (χ2v) is 50.1. The number of H-pyrrole nitrogens is 1. The number of nitrogens with zero attached hydrogens (tertiary/aromatic N) is 12. The van der Waals surface area contributed by atoms with E-state index >= 15 is 0 Å². The lowest BCUT2D eigenvalue weighted by Crippen LogP contribution is -2.51. The van der Waals surface area contributed by atoms with Crippen LogP contribution in [0.25, 0.3) is 33.1 Å². The number of aromatic carboxylic acids is 1. The third kappa shape index (κ3) is 23.6. The van der Waals surface area contributed by atoms with Gasteiger partial charge in [0.25, 0.3) is 0 Å². The van der Waals surface area contributed by atoms with E-state index in [0.717, 1.165) is 93.2 Å². The minimum atomic E-state index is -2.04. The molecule has 634 valence electrons. The van der Waals surface area contributed by atoms with Crippen LogP contribution in [0, 0.1) is 3.57 Å². The number of carboxylic acids is 1. The number of pyridine rings is 3. The van der Waals surface area contributed by atoms with Crippen LogP contribution in [0.4, 0.5) is 15.4 Å². The highest BCUT2D eigenvalue weighted by Gasteiger charge is 2.48. The van der Waals surface area contributed by atoms with Crippen molar-refractivity contribution in [2.24, 2.45) is 0 Å². The molecule has 120 heavy (non-hydrogen) atoms. The zero-order valence-corrected chi connectivity index (χ0v) is 82.1. The molecule has 0 saturated heterocycles. The summed E-state index contributed by atoms with van der Waals surface area (Å²) in [7, 11) is 4.06. The zero-order valence-electron chi connectivity index (χ0n) is 69.4. The van der Waals surface area contributed by atoms with E-state index in [4.69, 9.17) is 96.3 Å². The summed E-state index contributed by atoms with van der Waals surface area (Å²) in [5, 5.41) is 31.8. The number of carbonyl (C=O) groups excluding carboxylic acids is 2. The third-order valence-electron chi connectivity index (χ3n) is 20.7. The summed E-state index contributed by atoms with van der Waals surface area (Å²) in [5.41, 5.74) is 12.7. The molecule has 1 unspecified atom stereocenters. The van der Waals surface area contributed by atoms with Gasteiger partial charge in [-0.05, 0) is 170 Å². The number of nitrogens with one attached hydrogen (secondary N) is 2. The fraction of sp³-hybridized carbons (Fsp3) is 0.310. The lowest BCUT2D eigenvalue weighted by molar-refractivity contribution is 0.0701. The van der Waals surface area contributed by atoms with Gasteiger partial charge in [-0.25, -0.2) is 39.7 Å². The van der Waals surface area contributed by atoms with Crippen LogP contribution in [-0.4, -0.2) is 121 Å². The van der Waals surface area contributed by atoms with Gasteiger partial charge < -0.3 is 43.7 Å². The number of carboxylic acid groups (broad SMARTS) is 1. The Morgan fingerprint density at radius 3 is 1.38 bits per heavy atom.